The summed E-state index contributed by atoms with van der Waals surface area (Å²) in [5.41, 5.74) is 13.3. The van der Waals surface area contributed by atoms with Crippen LogP contribution in [-0.4, -0.2) is 15.0 Å². The van der Waals surface area contributed by atoms with E-state index in [2.05, 4.69) is 216 Å². The van der Waals surface area contributed by atoms with Gasteiger partial charge in [0.2, 0.25) is 0 Å². The predicted octanol–water partition coefficient (Wildman–Crippen LogP) is 17.7. The van der Waals surface area contributed by atoms with Crippen molar-refractivity contribution in [2.45, 2.75) is 0 Å². The standard InChI is InChI=1S/C63H41N5OS/c1-5-16-43(17-6-1)61-64-62(44-30-35-49(36-31-44)67(46-18-7-2-8-19-46)47-20-9-3-10-21-47)66-63(65-61)55-26-15-25-54-53-38-37-51(41-59(53)70-60(54)55)68(48-22-11-4-12-23-48)50-33-28-42(29-34-50)45-32-39-58-56(40-45)52-24-13-14-27-57(52)69-58/h1-41H. The second-order valence-corrected chi connectivity index (χ2v) is 18.3. The Morgan fingerprint density at radius 3 is 1.41 bits per heavy atom. The smallest absolute Gasteiger partial charge is 0.165 e. The molecule has 0 saturated heterocycles. The molecule has 0 spiro atoms. The zero-order valence-corrected chi connectivity index (χ0v) is 38.5. The number of para-hydroxylation sites is 4. The molecule has 0 unspecified atom stereocenters. The maximum absolute atomic E-state index is 6.13. The van der Waals surface area contributed by atoms with Gasteiger partial charge in [0.05, 0.1) is 0 Å². The highest BCUT2D eigenvalue weighted by atomic mass is 32.1. The van der Waals surface area contributed by atoms with Crippen LogP contribution in [0.5, 0.6) is 0 Å². The molecular formula is C63H41N5OS. The summed E-state index contributed by atoms with van der Waals surface area (Å²) in [6.07, 6.45) is 0. The maximum Gasteiger partial charge on any atom is 0.165 e. The first-order valence-corrected chi connectivity index (χ1v) is 24.1. The Morgan fingerprint density at radius 2 is 0.771 bits per heavy atom. The summed E-state index contributed by atoms with van der Waals surface area (Å²) in [5.74, 6) is 1.87. The molecule has 3 aromatic heterocycles. The number of fused-ring (bicyclic) bond motifs is 6. The van der Waals surface area contributed by atoms with Gasteiger partial charge in [-0.25, -0.2) is 15.0 Å². The normalized spacial score (nSPS) is 11.4. The largest absolute Gasteiger partial charge is 0.456 e. The fraction of sp³-hybridized carbons (Fsp3) is 0. The van der Waals surface area contributed by atoms with Gasteiger partial charge in [0.15, 0.2) is 17.5 Å². The zero-order valence-electron chi connectivity index (χ0n) is 37.7. The number of furan rings is 1. The molecule has 6 nitrogen and oxygen atoms in total. The Kier molecular flexibility index (Phi) is 10.3. The summed E-state index contributed by atoms with van der Waals surface area (Å²) in [7, 11) is 0. The summed E-state index contributed by atoms with van der Waals surface area (Å²) in [4.78, 5) is 20.1. The third-order valence-corrected chi connectivity index (χ3v) is 14.1. The van der Waals surface area contributed by atoms with Crippen molar-refractivity contribution in [3.8, 4) is 45.3 Å². The van der Waals surface area contributed by atoms with Crippen molar-refractivity contribution >= 4 is 87.6 Å². The summed E-state index contributed by atoms with van der Waals surface area (Å²) in [6, 6.07) is 86.9. The molecule has 0 N–H and O–H groups in total. The maximum atomic E-state index is 6.13. The second-order valence-electron chi connectivity index (χ2n) is 17.2. The number of hydrogen-bond donors (Lipinski definition) is 0. The molecule has 0 radical (unpaired) electrons. The number of thiophene rings is 1. The molecule has 0 aliphatic carbocycles. The van der Waals surface area contributed by atoms with Gasteiger partial charge in [0.1, 0.15) is 11.2 Å². The monoisotopic (exact) mass is 915 g/mol. The minimum atomic E-state index is 0.613. The molecule has 0 bridgehead atoms. The highest BCUT2D eigenvalue weighted by Gasteiger charge is 2.20. The van der Waals surface area contributed by atoms with Gasteiger partial charge in [-0.3, -0.25) is 0 Å². The molecule has 0 aliphatic rings. The van der Waals surface area contributed by atoms with E-state index in [0.717, 1.165) is 94.0 Å². The Balaban J connectivity index is 0.880. The predicted molar refractivity (Wildman–Crippen MR) is 291 cm³/mol. The van der Waals surface area contributed by atoms with Gasteiger partial charge in [0.25, 0.3) is 0 Å². The first kappa shape index (κ1) is 41.1. The van der Waals surface area contributed by atoms with E-state index in [1.807, 2.05) is 42.5 Å². The number of benzene rings is 10. The highest BCUT2D eigenvalue weighted by Crippen LogP contribution is 2.44. The minimum Gasteiger partial charge on any atom is -0.456 e. The van der Waals surface area contributed by atoms with E-state index in [0.29, 0.717) is 17.5 Å². The van der Waals surface area contributed by atoms with Crippen LogP contribution in [0, 0.1) is 0 Å². The molecule has 0 saturated carbocycles. The van der Waals surface area contributed by atoms with E-state index in [9.17, 15) is 0 Å². The van der Waals surface area contributed by atoms with E-state index in [-0.39, 0.29) is 0 Å². The van der Waals surface area contributed by atoms with Crippen molar-refractivity contribution in [2.75, 3.05) is 9.80 Å². The van der Waals surface area contributed by atoms with E-state index in [4.69, 9.17) is 19.4 Å². The number of hydrogen-bond acceptors (Lipinski definition) is 7. The Labute approximate surface area is 408 Å². The lowest BCUT2D eigenvalue weighted by molar-refractivity contribution is 0.669. The van der Waals surface area contributed by atoms with Gasteiger partial charge < -0.3 is 14.2 Å². The number of rotatable bonds is 10. The van der Waals surface area contributed by atoms with Crippen LogP contribution in [0.4, 0.5) is 34.1 Å². The first-order valence-electron chi connectivity index (χ1n) is 23.3. The quantitative estimate of drug-likeness (QED) is 0.136. The molecule has 0 aliphatic heterocycles. The van der Waals surface area contributed by atoms with E-state index < -0.39 is 0 Å². The van der Waals surface area contributed by atoms with Crippen molar-refractivity contribution in [3.05, 3.63) is 249 Å². The molecule has 3 heterocycles. The van der Waals surface area contributed by atoms with Crippen molar-refractivity contribution in [1.82, 2.24) is 15.0 Å². The molecule has 7 heteroatoms. The van der Waals surface area contributed by atoms with Gasteiger partial charge >= 0.3 is 0 Å². The van der Waals surface area contributed by atoms with E-state index in [1.54, 1.807) is 11.3 Å². The molecule has 13 rings (SSSR count). The average molecular weight is 916 g/mol. The van der Waals surface area contributed by atoms with E-state index >= 15 is 0 Å². The van der Waals surface area contributed by atoms with Crippen molar-refractivity contribution in [2.24, 2.45) is 0 Å². The fourth-order valence-electron chi connectivity index (χ4n) is 9.54. The molecule has 0 fully saturated rings. The van der Waals surface area contributed by atoms with Crippen LogP contribution < -0.4 is 9.80 Å². The third kappa shape index (κ3) is 7.51. The highest BCUT2D eigenvalue weighted by molar-refractivity contribution is 7.26. The van der Waals surface area contributed by atoms with Crippen molar-refractivity contribution in [1.29, 1.82) is 0 Å². The van der Waals surface area contributed by atoms with Crippen LogP contribution in [0.1, 0.15) is 0 Å². The van der Waals surface area contributed by atoms with E-state index in [1.165, 1.54) is 10.1 Å². The summed E-state index contributed by atoms with van der Waals surface area (Å²) in [5, 5.41) is 4.60. The summed E-state index contributed by atoms with van der Waals surface area (Å²) < 4.78 is 8.43. The van der Waals surface area contributed by atoms with Crippen LogP contribution in [-0.2, 0) is 0 Å². The Hall–Kier alpha value is -9.17. The fourth-order valence-corrected chi connectivity index (χ4v) is 10.8. The van der Waals surface area contributed by atoms with Gasteiger partial charge in [-0.15, -0.1) is 11.3 Å². The van der Waals surface area contributed by atoms with Crippen molar-refractivity contribution in [3.63, 3.8) is 0 Å². The molecule has 13 aromatic rings. The van der Waals surface area contributed by atoms with Gasteiger partial charge in [-0.2, -0.15) is 0 Å². The zero-order chi connectivity index (χ0) is 46.4. The number of nitrogens with zero attached hydrogens (tertiary/aromatic N) is 5. The van der Waals surface area contributed by atoms with Crippen LogP contribution in [0.15, 0.2) is 253 Å². The molecule has 10 aromatic carbocycles. The lowest BCUT2D eigenvalue weighted by Crippen LogP contribution is -2.09. The minimum absolute atomic E-state index is 0.613. The SMILES string of the molecule is c1ccc(-c2nc(-c3ccc(N(c4ccccc4)c4ccccc4)cc3)nc(-c3cccc4c3sc3cc(N(c5ccccc5)c5ccc(-c6ccc7oc8ccccc8c7c6)cc5)ccc34)n2)cc1. The molecule has 0 amide bonds. The number of anilines is 6. The lowest BCUT2D eigenvalue weighted by atomic mass is 10.0. The molecule has 330 valence electrons. The third-order valence-electron chi connectivity index (χ3n) is 12.9. The average Bonchev–Trinajstić information content (AvgIpc) is 4.00. The summed E-state index contributed by atoms with van der Waals surface area (Å²) in [6.45, 7) is 0. The molecular weight excluding hydrogens is 875 g/mol. The molecule has 70 heavy (non-hydrogen) atoms. The second kappa shape index (κ2) is 17.5. The van der Waals surface area contributed by atoms with Crippen LogP contribution in [0.25, 0.3) is 87.4 Å². The van der Waals surface area contributed by atoms with Crippen LogP contribution >= 0.6 is 11.3 Å². The first-order chi connectivity index (χ1) is 34.7. The Morgan fingerprint density at radius 1 is 0.300 bits per heavy atom. The molecule has 0 atom stereocenters. The Bertz CT molecular complexity index is 3950. The van der Waals surface area contributed by atoms with Gasteiger partial charge in [-0.05, 0) is 120 Å². The summed E-state index contributed by atoms with van der Waals surface area (Å²) >= 11 is 1.77. The number of aromatic nitrogens is 3. The van der Waals surface area contributed by atoms with Crippen LogP contribution in [0.2, 0.25) is 0 Å². The van der Waals surface area contributed by atoms with Crippen molar-refractivity contribution < 1.29 is 4.42 Å². The van der Waals surface area contributed by atoms with Crippen LogP contribution in [0.3, 0.4) is 0 Å². The van der Waals surface area contributed by atoms with Gasteiger partial charge in [0, 0.05) is 81.8 Å². The van der Waals surface area contributed by atoms with Gasteiger partial charge in [-0.1, -0.05) is 140 Å². The lowest BCUT2D eigenvalue weighted by Gasteiger charge is -2.25. The topological polar surface area (TPSA) is 58.3 Å².